The van der Waals surface area contributed by atoms with Gasteiger partial charge in [-0.2, -0.15) is 0 Å². The Kier molecular flexibility index (Phi) is 6.55. The van der Waals surface area contributed by atoms with Crippen LogP contribution >= 0.6 is 35.4 Å². The Morgan fingerprint density at radius 1 is 1.24 bits per heavy atom. The number of anilines is 1. The van der Waals surface area contributed by atoms with Crippen molar-refractivity contribution in [2.75, 3.05) is 25.0 Å². The van der Waals surface area contributed by atoms with Crippen LogP contribution < -0.4 is 15.5 Å². The minimum atomic E-state index is 0.459. The molecule has 0 aromatic heterocycles. The van der Waals surface area contributed by atoms with Gasteiger partial charge in [0.1, 0.15) is 0 Å². The molecular formula is C15H22Cl2N3S+. The van der Waals surface area contributed by atoms with Gasteiger partial charge in [-0.15, -0.1) is 0 Å². The molecule has 1 aliphatic rings. The van der Waals surface area contributed by atoms with Crippen LogP contribution in [0.15, 0.2) is 18.2 Å². The molecule has 0 radical (unpaired) electrons. The van der Waals surface area contributed by atoms with Crippen molar-refractivity contribution in [1.82, 2.24) is 5.32 Å². The average Bonchev–Trinajstić information content (AvgIpc) is 2.40. The van der Waals surface area contributed by atoms with E-state index in [0.29, 0.717) is 21.2 Å². The van der Waals surface area contributed by atoms with Gasteiger partial charge in [-0.3, -0.25) is 0 Å². The smallest absolute Gasteiger partial charge is 0.171 e. The fourth-order valence-corrected chi connectivity index (χ4v) is 3.56. The molecule has 1 aromatic carbocycles. The normalized spacial score (nSPS) is 21.9. The maximum absolute atomic E-state index is 5.98. The Balaban J connectivity index is 1.80. The highest BCUT2D eigenvalue weighted by atomic mass is 35.5. The summed E-state index contributed by atoms with van der Waals surface area (Å²) >= 11 is 17.3. The Bertz CT molecular complexity index is 468. The topological polar surface area (TPSA) is 28.5 Å². The van der Waals surface area contributed by atoms with Crippen LogP contribution in [-0.2, 0) is 0 Å². The van der Waals surface area contributed by atoms with Gasteiger partial charge in [0.2, 0.25) is 0 Å². The number of piperidine rings is 1. The number of thiocarbonyl (C=S) groups is 1. The summed E-state index contributed by atoms with van der Waals surface area (Å²) < 4.78 is 0. The summed E-state index contributed by atoms with van der Waals surface area (Å²) in [5.74, 6) is 0. The summed E-state index contributed by atoms with van der Waals surface area (Å²) in [4.78, 5) is 1.70. The van der Waals surface area contributed by atoms with E-state index in [1.54, 1.807) is 11.0 Å². The third-order valence-corrected chi connectivity index (χ3v) is 4.41. The Hall–Kier alpha value is -0.550. The molecule has 21 heavy (non-hydrogen) atoms. The van der Waals surface area contributed by atoms with Crippen LogP contribution in [0.25, 0.3) is 0 Å². The van der Waals surface area contributed by atoms with Crippen LogP contribution in [0, 0.1) is 0 Å². The molecule has 6 heteroatoms. The second-order valence-electron chi connectivity index (χ2n) is 5.53. The number of nitrogens with one attached hydrogen (secondary N) is 3. The summed E-state index contributed by atoms with van der Waals surface area (Å²) in [6, 6.07) is 5.79. The third-order valence-electron chi connectivity index (χ3n) is 3.75. The number of benzene rings is 1. The highest BCUT2D eigenvalue weighted by molar-refractivity contribution is 7.80. The number of likely N-dealkylation sites (tertiary alicyclic amines) is 1. The van der Waals surface area contributed by atoms with Crippen molar-refractivity contribution in [2.24, 2.45) is 0 Å². The molecule has 116 valence electrons. The van der Waals surface area contributed by atoms with E-state index >= 15 is 0 Å². The zero-order valence-corrected chi connectivity index (χ0v) is 14.5. The van der Waals surface area contributed by atoms with Gasteiger partial charge >= 0.3 is 0 Å². The first-order valence-electron chi connectivity index (χ1n) is 7.44. The molecule has 0 unspecified atom stereocenters. The highest BCUT2D eigenvalue weighted by Crippen LogP contribution is 2.22. The number of hydrogen-bond acceptors (Lipinski definition) is 1. The number of halogens is 2. The Morgan fingerprint density at radius 2 is 1.86 bits per heavy atom. The van der Waals surface area contributed by atoms with Crippen molar-refractivity contribution in [2.45, 2.75) is 32.2 Å². The zero-order chi connectivity index (χ0) is 15.2. The average molecular weight is 347 g/mol. The molecule has 1 fully saturated rings. The van der Waals surface area contributed by atoms with Crippen molar-refractivity contribution >= 4 is 46.2 Å². The lowest BCUT2D eigenvalue weighted by atomic mass is 10.1. The lowest BCUT2D eigenvalue weighted by Gasteiger charge is -2.30. The second-order valence-corrected chi connectivity index (χ2v) is 6.81. The summed E-state index contributed by atoms with van der Waals surface area (Å²) in [5, 5.41) is 8.38. The van der Waals surface area contributed by atoms with E-state index in [1.165, 1.54) is 26.1 Å². The molecule has 0 atom stereocenters. The number of quaternary nitrogens is 1. The molecule has 2 rings (SSSR count). The van der Waals surface area contributed by atoms with E-state index in [9.17, 15) is 0 Å². The van der Waals surface area contributed by atoms with E-state index in [0.717, 1.165) is 18.5 Å². The van der Waals surface area contributed by atoms with Gasteiger partial charge in [0, 0.05) is 34.6 Å². The molecule has 0 spiro atoms. The summed E-state index contributed by atoms with van der Waals surface area (Å²) in [6.07, 6.45) is 3.57. The van der Waals surface area contributed by atoms with Crippen LogP contribution in [0.1, 0.15) is 26.2 Å². The molecule has 1 saturated heterocycles. The fraction of sp³-hybridized carbons (Fsp3) is 0.533. The Morgan fingerprint density at radius 3 is 2.43 bits per heavy atom. The lowest BCUT2D eigenvalue weighted by Crippen LogP contribution is -3.13. The van der Waals surface area contributed by atoms with Crippen molar-refractivity contribution in [3.05, 3.63) is 28.2 Å². The SMILES string of the molecule is CCC[NH+]1CCC(NC(=S)Nc2cc(Cl)cc(Cl)c2)CC1. The summed E-state index contributed by atoms with van der Waals surface area (Å²) in [6.45, 7) is 5.96. The van der Waals surface area contributed by atoms with Crippen LogP contribution in [0.5, 0.6) is 0 Å². The molecule has 1 aliphatic heterocycles. The molecule has 3 nitrogen and oxygen atoms in total. The van der Waals surface area contributed by atoms with E-state index in [4.69, 9.17) is 35.4 Å². The Labute approximate surface area is 142 Å². The summed E-state index contributed by atoms with van der Waals surface area (Å²) in [5.41, 5.74) is 0.819. The quantitative estimate of drug-likeness (QED) is 0.732. The van der Waals surface area contributed by atoms with Crippen LogP contribution in [-0.4, -0.2) is 30.8 Å². The number of hydrogen-bond donors (Lipinski definition) is 3. The summed E-state index contributed by atoms with van der Waals surface area (Å²) in [7, 11) is 0. The maximum atomic E-state index is 5.98. The first-order valence-corrected chi connectivity index (χ1v) is 8.60. The van der Waals surface area contributed by atoms with Crippen molar-refractivity contribution in [3.63, 3.8) is 0 Å². The van der Waals surface area contributed by atoms with Gasteiger partial charge in [-0.25, -0.2) is 0 Å². The minimum absolute atomic E-state index is 0.459. The van der Waals surface area contributed by atoms with E-state index in [-0.39, 0.29) is 0 Å². The molecule has 3 N–H and O–H groups in total. The van der Waals surface area contributed by atoms with Crippen molar-refractivity contribution in [3.8, 4) is 0 Å². The first-order chi connectivity index (χ1) is 10.1. The van der Waals surface area contributed by atoms with Crippen LogP contribution in [0.4, 0.5) is 5.69 Å². The van der Waals surface area contributed by atoms with Crippen molar-refractivity contribution < 1.29 is 4.90 Å². The molecule has 1 heterocycles. The van der Waals surface area contributed by atoms with Gasteiger partial charge in [0.05, 0.1) is 19.6 Å². The standard InChI is InChI=1S/C15H21Cl2N3S/c1-2-5-20-6-3-13(4-7-20)18-15(21)19-14-9-11(16)8-12(17)10-14/h8-10,13H,2-7H2,1H3,(H2,18,19,21)/p+1. The molecule has 0 aliphatic carbocycles. The maximum Gasteiger partial charge on any atom is 0.171 e. The highest BCUT2D eigenvalue weighted by Gasteiger charge is 2.21. The van der Waals surface area contributed by atoms with Crippen LogP contribution in [0.2, 0.25) is 10.0 Å². The number of rotatable bonds is 4. The van der Waals surface area contributed by atoms with Crippen molar-refractivity contribution in [1.29, 1.82) is 0 Å². The third kappa shape index (κ3) is 5.62. The second kappa shape index (κ2) is 8.18. The first kappa shape index (κ1) is 16.8. The molecule has 0 amide bonds. The van der Waals surface area contributed by atoms with E-state index in [1.807, 2.05) is 12.1 Å². The van der Waals surface area contributed by atoms with Gasteiger partial charge in [-0.1, -0.05) is 30.1 Å². The monoisotopic (exact) mass is 346 g/mol. The van der Waals surface area contributed by atoms with Gasteiger partial charge in [0.15, 0.2) is 5.11 Å². The zero-order valence-electron chi connectivity index (χ0n) is 12.2. The molecule has 1 aromatic rings. The fourth-order valence-electron chi connectivity index (χ4n) is 2.75. The predicted molar refractivity (Wildman–Crippen MR) is 94.7 cm³/mol. The minimum Gasteiger partial charge on any atom is -0.359 e. The van der Waals surface area contributed by atoms with E-state index in [2.05, 4.69) is 17.6 Å². The van der Waals surface area contributed by atoms with Gasteiger partial charge in [-0.05, 0) is 36.8 Å². The van der Waals surface area contributed by atoms with Gasteiger partial charge < -0.3 is 15.5 Å². The molecule has 0 bridgehead atoms. The molecular weight excluding hydrogens is 325 g/mol. The van der Waals surface area contributed by atoms with E-state index < -0.39 is 0 Å². The van der Waals surface area contributed by atoms with Gasteiger partial charge in [0.25, 0.3) is 0 Å². The van der Waals surface area contributed by atoms with Crippen LogP contribution in [0.3, 0.4) is 0 Å². The molecule has 0 saturated carbocycles. The largest absolute Gasteiger partial charge is 0.359 e. The lowest BCUT2D eigenvalue weighted by molar-refractivity contribution is -0.905. The predicted octanol–water partition coefficient (Wildman–Crippen LogP) is 2.74.